The maximum atomic E-state index is 5.59. The molecular weight excluding hydrogens is 218 g/mol. The molecule has 1 fully saturated rings. The summed E-state index contributed by atoms with van der Waals surface area (Å²) in [4.78, 5) is 4.35. The van der Waals surface area contributed by atoms with Gasteiger partial charge >= 0.3 is 0 Å². The molecule has 0 aliphatic carbocycles. The van der Waals surface area contributed by atoms with E-state index >= 15 is 0 Å². The van der Waals surface area contributed by atoms with Crippen LogP contribution in [-0.4, -0.2) is 42.5 Å². The van der Waals surface area contributed by atoms with Crippen molar-refractivity contribution in [2.45, 2.75) is 31.9 Å². The van der Waals surface area contributed by atoms with E-state index in [1.165, 1.54) is 0 Å². The summed E-state index contributed by atoms with van der Waals surface area (Å²) >= 11 is 0. The first-order valence-electron chi connectivity index (χ1n) is 6.20. The minimum atomic E-state index is 0.267. The zero-order valence-electron chi connectivity index (χ0n) is 10.6. The van der Waals surface area contributed by atoms with Gasteiger partial charge in [-0.25, -0.2) is 4.98 Å². The number of ether oxygens (including phenoxy) is 2. The van der Waals surface area contributed by atoms with Gasteiger partial charge in [0.15, 0.2) is 0 Å². The van der Waals surface area contributed by atoms with Gasteiger partial charge in [0.2, 0.25) is 5.95 Å². The minimum absolute atomic E-state index is 0.267. The summed E-state index contributed by atoms with van der Waals surface area (Å²) in [6.45, 7) is 4.61. The third-order valence-corrected chi connectivity index (χ3v) is 3.17. The van der Waals surface area contributed by atoms with Crippen molar-refractivity contribution in [1.29, 1.82) is 0 Å². The van der Waals surface area contributed by atoms with Crippen LogP contribution in [0, 0.1) is 0 Å². The van der Waals surface area contributed by atoms with Gasteiger partial charge in [-0.1, -0.05) is 0 Å². The molecule has 2 heterocycles. The van der Waals surface area contributed by atoms with E-state index in [9.17, 15) is 0 Å². The van der Waals surface area contributed by atoms with Crippen LogP contribution in [0.4, 0.5) is 5.95 Å². The molecule has 1 aromatic rings. The Bertz CT molecular complexity index is 340. The molecule has 5 heteroatoms. The van der Waals surface area contributed by atoms with Gasteiger partial charge in [-0.15, -0.1) is 0 Å². The van der Waals surface area contributed by atoms with Gasteiger partial charge in [-0.3, -0.25) is 0 Å². The lowest BCUT2D eigenvalue weighted by atomic mass is 10.1. The van der Waals surface area contributed by atoms with Gasteiger partial charge in [0.1, 0.15) is 0 Å². The fourth-order valence-corrected chi connectivity index (χ4v) is 2.22. The first kappa shape index (κ1) is 12.4. The number of hydrogen-bond donors (Lipinski definition) is 1. The lowest BCUT2D eigenvalue weighted by Gasteiger charge is -2.18. The molecule has 1 aliphatic heterocycles. The quantitative estimate of drug-likeness (QED) is 0.767. The van der Waals surface area contributed by atoms with Crippen LogP contribution in [-0.2, 0) is 9.47 Å². The zero-order valence-corrected chi connectivity index (χ0v) is 10.6. The Morgan fingerprint density at radius 3 is 3.24 bits per heavy atom. The first-order chi connectivity index (χ1) is 8.33. The molecule has 0 saturated carbocycles. The average molecular weight is 239 g/mol. The Morgan fingerprint density at radius 2 is 2.53 bits per heavy atom. The molecule has 0 bridgehead atoms. The minimum Gasteiger partial charge on any atom is -0.385 e. The van der Waals surface area contributed by atoms with Crippen LogP contribution in [0.3, 0.4) is 0 Å². The Hall–Kier alpha value is -1.07. The second kappa shape index (κ2) is 6.02. The van der Waals surface area contributed by atoms with Crippen molar-refractivity contribution >= 4 is 5.95 Å². The second-order valence-electron chi connectivity index (χ2n) is 4.36. The SMILES string of the molecule is COCCCNc1nccn1C1CCOC1C. The van der Waals surface area contributed by atoms with Crippen molar-refractivity contribution in [3.8, 4) is 0 Å². The number of imidazole rings is 1. The number of methoxy groups -OCH3 is 1. The molecule has 2 atom stereocenters. The van der Waals surface area contributed by atoms with Gasteiger partial charge < -0.3 is 19.4 Å². The van der Waals surface area contributed by atoms with E-state index in [-0.39, 0.29) is 6.10 Å². The van der Waals surface area contributed by atoms with E-state index in [4.69, 9.17) is 9.47 Å². The highest BCUT2D eigenvalue weighted by Gasteiger charge is 2.27. The standard InChI is InChI=1S/C12H21N3O2/c1-10-11(4-9-17-10)15-7-6-14-12(15)13-5-3-8-16-2/h6-7,10-11H,3-5,8-9H2,1-2H3,(H,13,14). The summed E-state index contributed by atoms with van der Waals surface area (Å²) in [6.07, 6.45) is 6.17. The van der Waals surface area contributed by atoms with Crippen LogP contribution in [0.2, 0.25) is 0 Å². The molecule has 0 amide bonds. The molecule has 0 aromatic carbocycles. The maximum absolute atomic E-state index is 5.59. The van der Waals surface area contributed by atoms with Crippen LogP contribution in [0.1, 0.15) is 25.8 Å². The first-order valence-corrected chi connectivity index (χ1v) is 6.20. The number of nitrogens with one attached hydrogen (secondary N) is 1. The molecule has 2 unspecified atom stereocenters. The van der Waals surface area contributed by atoms with E-state index in [1.807, 2.05) is 12.4 Å². The van der Waals surface area contributed by atoms with E-state index < -0.39 is 0 Å². The molecule has 17 heavy (non-hydrogen) atoms. The summed E-state index contributed by atoms with van der Waals surface area (Å²) in [6, 6.07) is 0.405. The molecule has 0 radical (unpaired) electrons. The summed E-state index contributed by atoms with van der Waals surface area (Å²) in [5.41, 5.74) is 0. The molecule has 1 saturated heterocycles. The van der Waals surface area contributed by atoms with Crippen molar-refractivity contribution < 1.29 is 9.47 Å². The summed E-state index contributed by atoms with van der Waals surface area (Å²) in [7, 11) is 1.72. The van der Waals surface area contributed by atoms with Crippen molar-refractivity contribution in [3.63, 3.8) is 0 Å². The Labute approximate surface area is 102 Å². The van der Waals surface area contributed by atoms with Crippen molar-refractivity contribution in [2.24, 2.45) is 0 Å². The highest BCUT2D eigenvalue weighted by atomic mass is 16.5. The Balaban J connectivity index is 1.92. The summed E-state index contributed by atoms with van der Waals surface area (Å²) in [5, 5.41) is 3.34. The zero-order chi connectivity index (χ0) is 12.1. The van der Waals surface area contributed by atoms with Crippen LogP contribution < -0.4 is 5.32 Å². The normalized spacial score (nSPS) is 24.1. The van der Waals surface area contributed by atoms with Gasteiger partial charge in [0.05, 0.1) is 12.1 Å². The smallest absolute Gasteiger partial charge is 0.203 e. The predicted molar refractivity (Wildman–Crippen MR) is 66.3 cm³/mol. The van der Waals surface area contributed by atoms with Crippen molar-refractivity contribution in [1.82, 2.24) is 9.55 Å². The fourth-order valence-electron chi connectivity index (χ4n) is 2.22. The van der Waals surface area contributed by atoms with E-state index in [0.717, 1.165) is 38.5 Å². The third kappa shape index (κ3) is 2.98. The fraction of sp³-hybridized carbons (Fsp3) is 0.750. The summed E-state index contributed by atoms with van der Waals surface area (Å²) < 4.78 is 12.8. The molecular formula is C12H21N3O2. The topological polar surface area (TPSA) is 48.3 Å². The van der Waals surface area contributed by atoms with E-state index in [1.54, 1.807) is 7.11 Å². The molecule has 0 spiro atoms. The molecule has 1 N–H and O–H groups in total. The van der Waals surface area contributed by atoms with Gasteiger partial charge in [-0.2, -0.15) is 0 Å². The highest BCUT2D eigenvalue weighted by Crippen LogP contribution is 2.28. The molecule has 5 nitrogen and oxygen atoms in total. The Morgan fingerprint density at radius 1 is 1.65 bits per heavy atom. The van der Waals surface area contributed by atoms with Crippen LogP contribution >= 0.6 is 0 Å². The van der Waals surface area contributed by atoms with Gasteiger partial charge in [-0.05, 0) is 19.8 Å². The average Bonchev–Trinajstić information content (AvgIpc) is 2.93. The highest BCUT2D eigenvalue weighted by molar-refractivity contribution is 5.27. The van der Waals surface area contributed by atoms with Gasteiger partial charge in [0, 0.05) is 39.3 Å². The lowest BCUT2D eigenvalue weighted by Crippen LogP contribution is -2.19. The van der Waals surface area contributed by atoms with Crippen LogP contribution in [0.15, 0.2) is 12.4 Å². The molecule has 1 aliphatic rings. The summed E-state index contributed by atoms with van der Waals surface area (Å²) in [5.74, 6) is 0.934. The molecule has 96 valence electrons. The van der Waals surface area contributed by atoms with Crippen LogP contribution in [0.5, 0.6) is 0 Å². The number of anilines is 1. The van der Waals surface area contributed by atoms with E-state index in [2.05, 4.69) is 21.8 Å². The predicted octanol–water partition coefficient (Wildman–Crippen LogP) is 1.68. The second-order valence-corrected chi connectivity index (χ2v) is 4.36. The van der Waals surface area contributed by atoms with Crippen molar-refractivity contribution in [3.05, 3.63) is 12.4 Å². The number of aromatic nitrogens is 2. The number of hydrogen-bond acceptors (Lipinski definition) is 4. The number of nitrogens with zero attached hydrogens (tertiary/aromatic N) is 2. The number of rotatable bonds is 6. The monoisotopic (exact) mass is 239 g/mol. The largest absolute Gasteiger partial charge is 0.385 e. The molecule has 1 aromatic heterocycles. The Kier molecular flexibility index (Phi) is 4.39. The lowest BCUT2D eigenvalue weighted by molar-refractivity contribution is 0.108. The third-order valence-electron chi connectivity index (χ3n) is 3.17. The van der Waals surface area contributed by atoms with Crippen LogP contribution in [0.25, 0.3) is 0 Å². The van der Waals surface area contributed by atoms with E-state index in [0.29, 0.717) is 6.04 Å². The van der Waals surface area contributed by atoms with Crippen molar-refractivity contribution in [2.75, 3.05) is 32.2 Å². The maximum Gasteiger partial charge on any atom is 0.203 e. The molecule has 2 rings (SSSR count). The van der Waals surface area contributed by atoms with Gasteiger partial charge in [0.25, 0.3) is 0 Å².